The van der Waals surface area contributed by atoms with Crippen molar-refractivity contribution in [3.8, 4) is 0 Å². The standard InChI is InChI=1S/C18H26N2O/c1-18(10-4-8-15-7-2-3-9-16(15)18)17(21)20-13-14-6-5-11-19-12-14/h2-3,7,9,14,19H,4-6,8,10-13H2,1H3,(H,20,21). The van der Waals surface area contributed by atoms with E-state index in [-0.39, 0.29) is 11.3 Å². The maximum atomic E-state index is 12.8. The van der Waals surface area contributed by atoms with Crippen LogP contribution in [0, 0.1) is 5.92 Å². The van der Waals surface area contributed by atoms with Gasteiger partial charge in [0.25, 0.3) is 0 Å². The summed E-state index contributed by atoms with van der Waals surface area (Å²) in [6, 6.07) is 8.44. The Balaban J connectivity index is 1.69. The fraction of sp³-hybridized carbons (Fsp3) is 0.611. The molecule has 1 aromatic rings. The van der Waals surface area contributed by atoms with Crippen LogP contribution in [0.2, 0.25) is 0 Å². The van der Waals surface area contributed by atoms with Gasteiger partial charge in [-0.2, -0.15) is 0 Å². The lowest BCUT2D eigenvalue weighted by atomic mass is 9.70. The molecule has 0 radical (unpaired) electrons. The Labute approximate surface area is 127 Å². The average molecular weight is 286 g/mol. The molecule has 2 aliphatic rings. The molecule has 114 valence electrons. The number of amides is 1. The van der Waals surface area contributed by atoms with Crippen LogP contribution in [0.4, 0.5) is 0 Å². The summed E-state index contributed by atoms with van der Waals surface area (Å²) in [6.45, 7) is 5.08. The summed E-state index contributed by atoms with van der Waals surface area (Å²) in [7, 11) is 0. The lowest BCUT2D eigenvalue weighted by molar-refractivity contribution is -0.127. The van der Waals surface area contributed by atoms with E-state index in [1.807, 2.05) is 0 Å². The molecule has 0 aromatic heterocycles. The van der Waals surface area contributed by atoms with E-state index in [0.717, 1.165) is 38.9 Å². The molecule has 1 aliphatic carbocycles. The van der Waals surface area contributed by atoms with Crippen molar-refractivity contribution in [2.75, 3.05) is 19.6 Å². The molecule has 3 rings (SSSR count). The van der Waals surface area contributed by atoms with Gasteiger partial charge in [0.1, 0.15) is 0 Å². The van der Waals surface area contributed by atoms with Crippen molar-refractivity contribution in [1.82, 2.24) is 10.6 Å². The highest BCUT2D eigenvalue weighted by Crippen LogP contribution is 2.37. The molecule has 1 aliphatic heterocycles. The second-order valence-electron chi connectivity index (χ2n) is 6.77. The van der Waals surface area contributed by atoms with Gasteiger partial charge in [0.05, 0.1) is 5.41 Å². The van der Waals surface area contributed by atoms with Crippen LogP contribution in [0.25, 0.3) is 0 Å². The molecule has 21 heavy (non-hydrogen) atoms. The molecule has 1 amide bonds. The first-order chi connectivity index (χ1) is 10.2. The SMILES string of the molecule is CC1(C(=O)NCC2CCCNC2)CCCc2ccccc21. The van der Waals surface area contributed by atoms with E-state index in [4.69, 9.17) is 0 Å². The largest absolute Gasteiger partial charge is 0.355 e. The zero-order chi connectivity index (χ0) is 14.7. The first-order valence-corrected chi connectivity index (χ1v) is 8.27. The van der Waals surface area contributed by atoms with Crippen molar-refractivity contribution in [3.05, 3.63) is 35.4 Å². The van der Waals surface area contributed by atoms with Gasteiger partial charge in [0.15, 0.2) is 0 Å². The predicted molar refractivity (Wildman–Crippen MR) is 85.3 cm³/mol. The van der Waals surface area contributed by atoms with Crippen LogP contribution in [-0.2, 0) is 16.6 Å². The predicted octanol–water partition coefficient (Wildman–Crippen LogP) is 2.40. The number of aryl methyl sites for hydroxylation is 1. The number of rotatable bonds is 3. The molecule has 0 spiro atoms. The van der Waals surface area contributed by atoms with Crippen LogP contribution in [-0.4, -0.2) is 25.5 Å². The highest BCUT2D eigenvalue weighted by molar-refractivity contribution is 5.88. The maximum Gasteiger partial charge on any atom is 0.230 e. The third kappa shape index (κ3) is 2.98. The van der Waals surface area contributed by atoms with Crippen LogP contribution in [0.5, 0.6) is 0 Å². The first kappa shape index (κ1) is 14.6. The Morgan fingerprint density at radius 2 is 2.24 bits per heavy atom. The number of fused-ring (bicyclic) bond motifs is 1. The van der Waals surface area contributed by atoms with Gasteiger partial charge in [-0.1, -0.05) is 24.3 Å². The van der Waals surface area contributed by atoms with Gasteiger partial charge in [-0.3, -0.25) is 4.79 Å². The number of hydrogen-bond donors (Lipinski definition) is 2. The number of piperidine rings is 1. The Hall–Kier alpha value is -1.35. The summed E-state index contributed by atoms with van der Waals surface area (Å²) in [6.07, 6.45) is 5.61. The van der Waals surface area contributed by atoms with Gasteiger partial charge >= 0.3 is 0 Å². The lowest BCUT2D eigenvalue weighted by Gasteiger charge is -2.35. The summed E-state index contributed by atoms with van der Waals surface area (Å²) in [5.41, 5.74) is 2.23. The Morgan fingerprint density at radius 3 is 3.05 bits per heavy atom. The highest BCUT2D eigenvalue weighted by atomic mass is 16.2. The number of hydrogen-bond acceptors (Lipinski definition) is 2. The second kappa shape index (κ2) is 6.18. The van der Waals surface area contributed by atoms with E-state index in [1.165, 1.54) is 24.0 Å². The smallest absolute Gasteiger partial charge is 0.230 e. The lowest BCUT2D eigenvalue weighted by Crippen LogP contribution is -2.47. The van der Waals surface area contributed by atoms with Gasteiger partial charge in [-0.15, -0.1) is 0 Å². The molecule has 0 saturated carbocycles. The Morgan fingerprint density at radius 1 is 1.38 bits per heavy atom. The summed E-state index contributed by atoms with van der Waals surface area (Å²) >= 11 is 0. The van der Waals surface area contributed by atoms with Crippen molar-refractivity contribution in [3.63, 3.8) is 0 Å². The van der Waals surface area contributed by atoms with Crippen LogP contribution >= 0.6 is 0 Å². The average Bonchev–Trinajstić information content (AvgIpc) is 2.54. The minimum absolute atomic E-state index is 0.209. The molecule has 2 unspecified atom stereocenters. The molecule has 2 atom stereocenters. The van der Waals surface area contributed by atoms with Crippen LogP contribution in [0.15, 0.2) is 24.3 Å². The summed E-state index contributed by atoms with van der Waals surface area (Å²) < 4.78 is 0. The first-order valence-electron chi connectivity index (χ1n) is 8.27. The minimum atomic E-state index is -0.350. The van der Waals surface area contributed by atoms with Gasteiger partial charge in [-0.05, 0) is 69.2 Å². The quantitative estimate of drug-likeness (QED) is 0.896. The van der Waals surface area contributed by atoms with Gasteiger partial charge in [0.2, 0.25) is 5.91 Å². The van der Waals surface area contributed by atoms with Crippen molar-refractivity contribution >= 4 is 5.91 Å². The normalized spacial score (nSPS) is 28.7. The van der Waals surface area contributed by atoms with Crippen LogP contribution in [0.3, 0.4) is 0 Å². The van der Waals surface area contributed by atoms with Gasteiger partial charge in [-0.25, -0.2) is 0 Å². The third-order valence-electron chi connectivity index (χ3n) is 5.19. The maximum absolute atomic E-state index is 12.8. The van der Waals surface area contributed by atoms with E-state index in [1.54, 1.807) is 0 Å². The monoisotopic (exact) mass is 286 g/mol. The zero-order valence-corrected chi connectivity index (χ0v) is 13.0. The van der Waals surface area contributed by atoms with E-state index >= 15 is 0 Å². The summed E-state index contributed by atoms with van der Waals surface area (Å²) in [4.78, 5) is 12.8. The summed E-state index contributed by atoms with van der Waals surface area (Å²) in [5, 5.41) is 6.64. The Bertz CT molecular complexity index is 508. The molecule has 2 N–H and O–H groups in total. The number of benzene rings is 1. The van der Waals surface area contributed by atoms with E-state index in [9.17, 15) is 4.79 Å². The Kier molecular flexibility index (Phi) is 4.29. The van der Waals surface area contributed by atoms with Crippen molar-refractivity contribution in [2.45, 2.75) is 44.4 Å². The molecule has 1 saturated heterocycles. The minimum Gasteiger partial charge on any atom is -0.355 e. The second-order valence-corrected chi connectivity index (χ2v) is 6.77. The molecule has 1 aromatic carbocycles. The zero-order valence-electron chi connectivity index (χ0n) is 13.0. The van der Waals surface area contributed by atoms with Crippen molar-refractivity contribution in [1.29, 1.82) is 0 Å². The fourth-order valence-corrected chi connectivity index (χ4v) is 3.81. The molecule has 3 heteroatoms. The number of carbonyl (C=O) groups excluding carboxylic acids is 1. The third-order valence-corrected chi connectivity index (χ3v) is 5.19. The van der Waals surface area contributed by atoms with Crippen LogP contribution < -0.4 is 10.6 Å². The molecule has 3 nitrogen and oxygen atoms in total. The van der Waals surface area contributed by atoms with Gasteiger partial charge < -0.3 is 10.6 Å². The molecular formula is C18H26N2O. The van der Waals surface area contributed by atoms with E-state index in [0.29, 0.717) is 5.92 Å². The topological polar surface area (TPSA) is 41.1 Å². The van der Waals surface area contributed by atoms with E-state index in [2.05, 4.69) is 41.8 Å². The number of nitrogens with one attached hydrogen (secondary N) is 2. The molecule has 1 fully saturated rings. The fourth-order valence-electron chi connectivity index (χ4n) is 3.81. The summed E-state index contributed by atoms with van der Waals surface area (Å²) in [5.74, 6) is 0.797. The van der Waals surface area contributed by atoms with Crippen LogP contribution in [0.1, 0.15) is 43.7 Å². The highest BCUT2D eigenvalue weighted by Gasteiger charge is 2.38. The van der Waals surface area contributed by atoms with E-state index < -0.39 is 0 Å². The van der Waals surface area contributed by atoms with Gasteiger partial charge in [0, 0.05) is 6.54 Å². The van der Waals surface area contributed by atoms with Crippen molar-refractivity contribution in [2.24, 2.45) is 5.92 Å². The van der Waals surface area contributed by atoms with Crippen molar-refractivity contribution < 1.29 is 4.79 Å². The number of carbonyl (C=O) groups is 1. The molecule has 1 heterocycles. The molecule has 0 bridgehead atoms. The molecular weight excluding hydrogens is 260 g/mol.